The van der Waals surface area contributed by atoms with Gasteiger partial charge in [-0.3, -0.25) is 9.52 Å². The van der Waals surface area contributed by atoms with Gasteiger partial charge in [-0.1, -0.05) is 36.4 Å². The first-order valence-electron chi connectivity index (χ1n) is 8.56. The minimum Gasteiger partial charge on any atom is -0.348 e. The average Bonchev–Trinajstić information content (AvgIpc) is 2.68. The van der Waals surface area contributed by atoms with Crippen molar-refractivity contribution in [3.8, 4) is 0 Å². The molecule has 0 aromatic heterocycles. The normalized spacial score (nSPS) is 11.1. The number of benzene rings is 3. The molecule has 3 aromatic carbocycles. The van der Waals surface area contributed by atoms with Gasteiger partial charge in [-0.05, 0) is 54.4 Å². The number of carbonyl (C=O) groups excluding carboxylic acids is 1. The van der Waals surface area contributed by atoms with Crippen molar-refractivity contribution < 1.29 is 17.6 Å². The number of para-hydroxylation sites is 1. The molecule has 3 aromatic rings. The SMILES string of the molecule is Cc1ccc(C(=O)NCc2ccc(F)cc2)cc1S(=O)(=O)Nc1ccccc1. The second kappa shape index (κ2) is 8.22. The van der Waals surface area contributed by atoms with E-state index in [2.05, 4.69) is 10.0 Å². The average molecular weight is 398 g/mol. The van der Waals surface area contributed by atoms with E-state index in [0.29, 0.717) is 11.3 Å². The summed E-state index contributed by atoms with van der Waals surface area (Å²) < 4.78 is 40.9. The predicted molar refractivity (Wildman–Crippen MR) is 106 cm³/mol. The molecule has 28 heavy (non-hydrogen) atoms. The number of aryl methyl sites for hydroxylation is 1. The van der Waals surface area contributed by atoms with Crippen LogP contribution >= 0.6 is 0 Å². The van der Waals surface area contributed by atoms with Gasteiger partial charge in [-0.2, -0.15) is 0 Å². The highest BCUT2D eigenvalue weighted by Crippen LogP contribution is 2.21. The Bertz CT molecular complexity index is 1080. The van der Waals surface area contributed by atoms with Crippen LogP contribution in [0.15, 0.2) is 77.7 Å². The van der Waals surface area contributed by atoms with Crippen LogP contribution in [0.25, 0.3) is 0 Å². The molecule has 0 fully saturated rings. The minimum atomic E-state index is -3.84. The lowest BCUT2D eigenvalue weighted by Crippen LogP contribution is -2.23. The van der Waals surface area contributed by atoms with Crippen LogP contribution in [0.3, 0.4) is 0 Å². The zero-order valence-corrected chi connectivity index (χ0v) is 16.0. The van der Waals surface area contributed by atoms with E-state index in [1.807, 2.05) is 0 Å². The Morgan fingerprint density at radius 2 is 1.64 bits per heavy atom. The maximum atomic E-state index is 13.0. The van der Waals surface area contributed by atoms with Crippen LogP contribution in [0.5, 0.6) is 0 Å². The number of hydrogen-bond acceptors (Lipinski definition) is 3. The van der Waals surface area contributed by atoms with Crippen LogP contribution in [0.2, 0.25) is 0 Å². The maximum absolute atomic E-state index is 13.0. The Balaban J connectivity index is 1.78. The summed E-state index contributed by atoms with van der Waals surface area (Å²) in [6.45, 7) is 1.87. The zero-order valence-electron chi connectivity index (χ0n) is 15.1. The van der Waals surface area contributed by atoms with Gasteiger partial charge in [0.2, 0.25) is 0 Å². The number of nitrogens with one attached hydrogen (secondary N) is 2. The Labute approximate surface area is 163 Å². The Kier molecular flexibility index (Phi) is 5.75. The molecule has 0 heterocycles. The second-order valence-electron chi connectivity index (χ2n) is 6.26. The highest BCUT2D eigenvalue weighted by Gasteiger charge is 2.19. The largest absolute Gasteiger partial charge is 0.348 e. The molecule has 0 aliphatic carbocycles. The van der Waals surface area contributed by atoms with Gasteiger partial charge in [0.15, 0.2) is 0 Å². The highest BCUT2D eigenvalue weighted by molar-refractivity contribution is 7.92. The first kappa shape index (κ1) is 19.6. The first-order chi connectivity index (χ1) is 13.3. The lowest BCUT2D eigenvalue weighted by molar-refractivity contribution is 0.0950. The summed E-state index contributed by atoms with van der Waals surface area (Å²) in [6, 6.07) is 18.8. The molecule has 1 amide bonds. The maximum Gasteiger partial charge on any atom is 0.262 e. The van der Waals surface area contributed by atoms with Crippen molar-refractivity contribution in [1.29, 1.82) is 0 Å². The van der Waals surface area contributed by atoms with Crippen LogP contribution in [0, 0.1) is 12.7 Å². The Hall–Kier alpha value is -3.19. The molecule has 0 aliphatic heterocycles. The van der Waals surface area contributed by atoms with Crippen LogP contribution in [-0.4, -0.2) is 14.3 Å². The molecule has 2 N–H and O–H groups in total. The fraction of sp³-hybridized carbons (Fsp3) is 0.0952. The summed E-state index contributed by atoms with van der Waals surface area (Å²) in [4.78, 5) is 12.5. The van der Waals surface area contributed by atoms with Gasteiger partial charge in [0.1, 0.15) is 5.82 Å². The third-order valence-corrected chi connectivity index (χ3v) is 5.66. The number of carbonyl (C=O) groups is 1. The van der Waals surface area contributed by atoms with E-state index in [1.54, 1.807) is 61.5 Å². The minimum absolute atomic E-state index is 0.0331. The van der Waals surface area contributed by atoms with Crippen LogP contribution in [0.4, 0.5) is 10.1 Å². The van der Waals surface area contributed by atoms with Gasteiger partial charge in [-0.25, -0.2) is 12.8 Å². The van der Waals surface area contributed by atoms with Crippen molar-refractivity contribution in [1.82, 2.24) is 5.32 Å². The Morgan fingerprint density at radius 1 is 0.964 bits per heavy atom. The first-order valence-corrected chi connectivity index (χ1v) is 10.0. The molecule has 0 spiro atoms. The van der Waals surface area contributed by atoms with E-state index in [4.69, 9.17) is 0 Å². The smallest absolute Gasteiger partial charge is 0.262 e. The topological polar surface area (TPSA) is 75.3 Å². The van der Waals surface area contributed by atoms with E-state index < -0.39 is 15.9 Å². The van der Waals surface area contributed by atoms with Gasteiger partial charge in [0, 0.05) is 17.8 Å². The molecular formula is C21H19FN2O3S. The van der Waals surface area contributed by atoms with E-state index in [0.717, 1.165) is 5.56 Å². The number of sulfonamides is 1. The summed E-state index contributed by atoms with van der Waals surface area (Å²) in [6.07, 6.45) is 0. The fourth-order valence-corrected chi connectivity index (χ4v) is 3.96. The van der Waals surface area contributed by atoms with Crippen LogP contribution in [0.1, 0.15) is 21.5 Å². The van der Waals surface area contributed by atoms with Gasteiger partial charge in [-0.15, -0.1) is 0 Å². The molecule has 0 saturated heterocycles. The third-order valence-electron chi connectivity index (χ3n) is 4.13. The number of hydrogen-bond donors (Lipinski definition) is 2. The summed E-state index contributed by atoms with van der Waals surface area (Å²) in [5.41, 5.74) is 1.92. The van der Waals surface area contributed by atoms with E-state index in [9.17, 15) is 17.6 Å². The molecule has 7 heteroatoms. The summed E-state index contributed by atoms with van der Waals surface area (Å²) in [7, 11) is -3.84. The molecule has 144 valence electrons. The van der Waals surface area contributed by atoms with Crippen molar-refractivity contribution in [2.24, 2.45) is 0 Å². The number of rotatable bonds is 6. The summed E-state index contributed by atoms with van der Waals surface area (Å²) in [5.74, 6) is -0.769. The van der Waals surface area contributed by atoms with E-state index in [-0.39, 0.29) is 22.8 Å². The molecule has 0 radical (unpaired) electrons. The van der Waals surface area contributed by atoms with Crippen molar-refractivity contribution >= 4 is 21.6 Å². The lowest BCUT2D eigenvalue weighted by Gasteiger charge is -2.12. The monoisotopic (exact) mass is 398 g/mol. The molecule has 0 aliphatic rings. The Morgan fingerprint density at radius 3 is 2.32 bits per heavy atom. The molecule has 0 saturated carbocycles. The van der Waals surface area contributed by atoms with E-state index >= 15 is 0 Å². The predicted octanol–water partition coefficient (Wildman–Crippen LogP) is 3.86. The molecule has 0 unspecified atom stereocenters. The quantitative estimate of drug-likeness (QED) is 0.662. The zero-order chi connectivity index (χ0) is 20.1. The van der Waals surface area contributed by atoms with Crippen molar-refractivity contribution in [3.63, 3.8) is 0 Å². The standard InChI is InChI=1S/C21H19FN2O3S/c1-15-7-10-17(21(25)23-14-16-8-11-18(22)12-9-16)13-20(15)28(26,27)24-19-5-3-2-4-6-19/h2-13,24H,14H2,1H3,(H,23,25). The van der Waals surface area contributed by atoms with Gasteiger partial charge in [0.05, 0.1) is 4.90 Å². The molecule has 5 nitrogen and oxygen atoms in total. The second-order valence-corrected chi connectivity index (χ2v) is 7.91. The van der Waals surface area contributed by atoms with Gasteiger partial charge >= 0.3 is 0 Å². The fourth-order valence-electron chi connectivity index (χ4n) is 2.63. The van der Waals surface area contributed by atoms with Crippen molar-refractivity contribution in [2.75, 3.05) is 4.72 Å². The number of halogens is 1. The van der Waals surface area contributed by atoms with Crippen molar-refractivity contribution in [2.45, 2.75) is 18.4 Å². The lowest BCUT2D eigenvalue weighted by atomic mass is 10.1. The number of amides is 1. The molecular weight excluding hydrogens is 379 g/mol. The molecule has 3 rings (SSSR count). The van der Waals surface area contributed by atoms with Crippen LogP contribution < -0.4 is 10.0 Å². The summed E-state index contributed by atoms with van der Waals surface area (Å²) in [5, 5.41) is 2.71. The number of anilines is 1. The molecule has 0 bridgehead atoms. The van der Waals surface area contributed by atoms with Gasteiger partial charge in [0.25, 0.3) is 15.9 Å². The third kappa shape index (κ3) is 4.75. The molecule has 0 atom stereocenters. The summed E-state index contributed by atoms with van der Waals surface area (Å²) >= 11 is 0. The van der Waals surface area contributed by atoms with Crippen molar-refractivity contribution in [3.05, 3.63) is 95.3 Å². The van der Waals surface area contributed by atoms with Crippen LogP contribution in [-0.2, 0) is 16.6 Å². The highest BCUT2D eigenvalue weighted by atomic mass is 32.2. The van der Waals surface area contributed by atoms with E-state index in [1.165, 1.54) is 18.2 Å². The van der Waals surface area contributed by atoms with Gasteiger partial charge < -0.3 is 5.32 Å².